The zero-order valence-electron chi connectivity index (χ0n) is 8.60. The largest absolute Gasteiger partial charge is 0.477 e. The van der Waals surface area contributed by atoms with Crippen LogP contribution in [-0.4, -0.2) is 47.4 Å². The first kappa shape index (κ1) is 11.3. The lowest BCUT2D eigenvalue weighted by Gasteiger charge is -2.07. The van der Waals surface area contributed by atoms with Gasteiger partial charge in [-0.3, -0.25) is 4.79 Å². The first-order valence-corrected chi connectivity index (χ1v) is 4.38. The van der Waals surface area contributed by atoms with Crippen molar-refractivity contribution in [3.05, 3.63) is 29.6 Å². The molecule has 1 heterocycles. The molecule has 1 aromatic rings. The minimum Gasteiger partial charge on any atom is -0.477 e. The predicted molar refractivity (Wildman–Crippen MR) is 54.1 cm³/mol. The van der Waals surface area contributed by atoms with Crippen LogP contribution in [0.25, 0.3) is 0 Å². The lowest BCUT2D eigenvalue weighted by molar-refractivity contribution is 0.0689. The average Bonchev–Trinajstić information content (AvgIpc) is 2.17. The molecule has 0 aliphatic carbocycles. The molecule has 1 aromatic heterocycles. The van der Waals surface area contributed by atoms with E-state index in [4.69, 9.17) is 5.11 Å². The van der Waals surface area contributed by atoms with E-state index >= 15 is 0 Å². The molecular weight excluding hydrogens is 196 g/mol. The fourth-order valence-electron chi connectivity index (χ4n) is 1.06. The van der Waals surface area contributed by atoms with Crippen LogP contribution in [0.15, 0.2) is 18.3 Å². The number of hydrogen-bond acceptors (Lipinski definition) is 4. The maximum absolute atomic E-state index is 11.5. The summed E-state index contributed by atoms with van der Waals surface area (Å²) < 4.78 is 0. The number of carbonyl (C=O) groups is 2. The predicted octanol–water partition coefficient (Wildman–Crippen LogP) is 0.524. The van der Waals surface area contributed by atoms with E-state index < -0.39 is 5.97 Å². The minimum absolute atomic E-state index is 0.0589. The van der Waals surface area contributed by atoms with Crippen molar-refractivity contribution in [3.8, 4) is 0 Å². The van der Waals surface area contributed by atoms with Crippen molar-refractivity contribution in [1.29, 1.82) is 0 Å². The fraction of sp³-hybridized carbons (Fsp3) is 0.300. The Bertz CT molecular complexity index is 371. The number of likely N-dealkylation sites (N-methyl/N-ethyl adjacent to an activating group) is 1. The van der Waals surface area contributed by atoms with E-state index in [0.717, 1.165) is 0 Å². The number of ketones is 1. The van der Waals surface area contributed by atoms with Gasteiger partial charge >= 0.3 is 5.97 Å². The number of nitrogens with zero attached hydrogens (tertiary/aromatic N) is 2. The van der Waals surface area contributed by atoms with E-state index in [1.165, 1.54) is 18.3 Å². The van der Waals surface area contributed by atoms with Crippen molar-refractivity contribution < 1.29 is 14.7 Å². The van der Waals surface area contributed by atoms with Crippen molar-refractivity contribution in [2.75, 3.05) is 20.6 Å². The van der Waals surface area contributed by atoms with Crippen molar-refractivity contribution in [2.24, 2.45) is 0 Å². The average molecular weight is 208 g/mol. The standard InChI is InChI=1S/C10H12N2O3/c1-12(2)6-9(13)7-3-4-8(10(14)15)11-5-7/h3-5H,6H2,1-2H3,(H,14,15). The SMILES string of the molecule is CN(C)CC(=O)c1ccc(C(=O)O)nc1. The van der Waals surface area contributed by atoms with Gasteiger partial charge in [0.25, 0.3) is 0 Å². The third-order valence-electron chi connectivity index (χ3n) is 1.76. The van der Waals surface area contributed by atoms with Crippen molar-refractivity contribution in [1.82, 2.24) is 9.88 Å². The van der Waals surface area contributed by atoms with Gasteiger partial charge in [0.05, 0.1) is 6.54 Å². The van der Waals surface area contributed by atoms with Gasteiger partial charge in [0, 0.05) is 11.8 Å². The summed E-state index contributed by atoms with van der Waals surface area (Å²) in [4.78, 5) is 27.4. The summed E-state index contributed by atoms with van der Waals surface area (Å²) in [6.07, 6.45) is 1.29. The molecule has 0 fully saturated rings. The van der Waals surface area contributed by atoms with Crippen LogP contribution >= 0.6 is 0 Å². The van der Waals surface area contributed by atoms with Gasteiger partial charge in [0.15, 0.2) is 5.78 Å². The highest BCUT2D eigenvalue weighted by atomic mass is 16.4. The van der Waals surface area contributed by atoms with Gasteiger partial charge in [-0.1, -0.05) is 0 Å². The normalized spacial score (nSPS) is 10.3. The molecule has 0 unspecified atom stereocenters. The molecule has 0 radical (unpaired) electrons. The zero-order valence-corrected chi connectivity index (χ0v) is 8.60. The number of aromatic nitrogens is 1. The summed E-state index contributed by atoms with van der Waals surface area (Å²) in [5.74, 6) is -1.17. The van der Waals surface area contributed by atoms with Gasteiger partial charge in [-0.15, -0.1) is 0 Å². The molecular formula is C10H12N2O3. The smallest absolute Gasteiger partial charge is 0.354 e. The number of carboxylic acid groups (broad SMARTS) is 1. The third kappa shape index (κ3) is 3.14. The molecule has 5 nitrogen and oxygen atoms in total. The molecule has 1 rings (SSSR count). The van der Waals surface area contributed by atoms with E-state index in [9.17, 15) is 9.59 Å². The summed E-state index contributed by atoms with van der Waals surface area (Å²) in [6, 6.07) is 2.80. The lowest BCUT2D eigenvalue weighted by Crippen LogP contribution is -2.21. The molecule has 0 saturated heterocycles. The highest BCUT2D eigenvalue weighted by molar-refractivity contribution is 5.97. The number of carboxylic acids is 1. The first-order chi connectivity index (χ1) is 7.00. The highest BCUT2D eigenvalue weighted by Crippen LogP contribution is 2.02. The van der Waals surface area contributed by atoms with E-state index in [-0.39, 0.29) is 18.0 Å². The van der Waals surface area contributed by atoms with Crippen LogP contribution < -0.4 is 0 Å². The third-order valence-corrected chi connectivity index (χ3v) is 1.76. The lowest BCUT2D eigenvalue weighted by atomic mass is 10.1. The van der Waals surface area contributed by atoms with Gasteiger partial charge in [-0.05, 0) is 26.2 Å². The number of pyridine rings is 1. The van der Waals surface area contributed by atoms with E-state index in [1.807, 2.05) is 0 Å². The minimum atomic E-state index is -1.10. The maximum atomic E-state index is 11.5. The Morgan fingerprint density at radius 1 is 1.40 bits per heavy atom. The number of hydrogen-bond donors (Lipinski definition) is 1. The van der Waals surface area contributed by atoms with Crippen LogP contribution in [0.1, 0.15) is 20.8 Å². The highest BCUT2D eigenvalue weighted by Gasteiger charge is 2.09. The summed E-state index contributed by atoms with van der Waals surface area (Å²) in [5.41, 5.74) is 0.366. The quantitative estimate of drug-likeness (QED) is 0.730. The Balaban J connectivity index is 2.80. The van der Waals surface area contributed by atoms with Gasteiger partial charge < -0.3 is 10.0 Å². The molecule has 0 aliphatic rings. The van der Waals surface area contributed by atoms with Gasteiger partial charge in [-0.25, -0.2) is 9.78 Å². The van der Waals surface area contributed by atoms with Crippen LogP contribution in [-0.2, 0) is 0 Å². The molecule has 15 heavy (non-hydrogen) atoms. The first-order valence-electron chi connectivity index (χ1n) is 4.38. The zero-order chi connectivity index (χ0) is 11.4. The summed E-state index contributed by atoms with van der Waals surface area (Å²) in [6.45, 7) is 0.286. The molecule has 1 N–H and O–H groups in total. The second kappa shape index (κ2) is 4.65. The number of aromatic carboxylic acids is 1. The number of Topliss-reactive ketones (excluding diaryl/α,β-unsaturated/α-hetero) is 1. The Morgan fingerprint density at radius 3 is 2.47 bits per heavy atom. The number of rotatable bonds is 4. The molecule has 0 aliphatic heterocycles. The van der Waals surface area contributed by atoms with Gasteiger partial charge in [-0.2, -0.15) is 0 Å². The second-order valence-corrected chi connectivity index (χ2v) is 3.40. The van der Waals surface area contributed by atoms with Crippen LogP contribution in [0.3, 0.4) is 0 Å². The Morgan fingerprint density at radius 2 is 2.07 bits per heavy atom. The van der Waals surface area contributed by atoms with E-state index in [0.29, 0.717) is 5.56 Å². The molecule has 0 saturated carbocycles. The molecule has 0 spiro atoms. The van der Waals surface area contributed by atoms with Crippen LogP contribution in [0, 0.1) is 0 Å². The van der Waals surface area contributed by atoms with Crippen LogP contribution in [0.4, 0.5) is 0 Å². The van der Waals surface area contributed by atoms with Crippen molar-refractivity contribution in [3.63, 3.8) is 0 Å². The van der Waals surface area contributed by atoms with E-state index in [2.05, 4.69) is 4.98 Å². The van der Waals surface area contributed by atoms with Gasteiger partial charge in [0.1, 0.15) is 5.69 Å². The molecule has 0 bridgehead atoms. The monoisotopic (exact) mass is 208 g/mol. The Kier molecular flexibility index (Phi) is 3.51. The summed E-state index contributed by atoms with van der Waals surface area (Å²) >= 11 is 0. The van der Waals surface area contributed by atoms with Crippen LogP contribution in [0.2, 0.25) is 0 Å². The summed E-state index contributed by atoms with van der Waals surface area (Å²) in [5, 5.41) is 8.60. The fourth-order valence-corrected chi connectivity index (χ4v) is 1.06. The molecule has 0 atom stereocenters. The Hall–Kier alpha value is -1.75. The van der Waals surface area contributed by atoms with Gasteiger partial charge in [0.2, 0.25) is 0 Å². The Labute approximate surface area is 87.4 Å². The summed E-state index contributed by atoms with van der Waals surface area (Å²) in [7, 11) is 3.58. The van der Waals surface area contributed by atoms with Crippen molar-refractivity contribution in [2.45, 2.75) is 0 Å². The second-order valence-electron chi connectivity index (χ2n) is 3.40. The number of carbonyl (C=O) groups excluding carboxylic acids is 1. The molecule has 80 valence electrons. The van der Waals surface area contributed by atoms with Crippen LogP contribution in [0.5, 0.6) is 0 Å². The van der Waals surface area contributed by atoms with Crippen molar-refractivity contribution >= 4 is 11.8 Å². The van der Waals surface area contributed by atoms with E-state index in [1.54, 1.807) is 19.0 Å². The molecule has 0 amide bonds. The maximum Gasteiger partial charge on any atom is 0.354 e. The molecule has 5 heteroatoms. The molecule has 0 aromatic carbocycles. The topological polar surface area (TPSA) is 70.5 Å².